The summed E-state index contributed by atoms with van der Waals surface area (Å²) >= 11 is 1.82. The zero-order valence-electron chi connectivity index (χ0n) is 23.9. The molecule has 0 amide bonds. The number of nitriles is 2. The molecule has 3 heterocycles. The number of nitrogens with zero attached hydrogens (tertiary/aromatic N) is 4. The first-order chi connectivity index (χ1) is 21.6. The Bertz CT molecular complexity index is 2630. The lowest BCUT2D eigenvalue weighted by atomic mass is 9.90. The molecule has 0 radical (unpaired) electrons. The third-order valence-corrected chi connectivity index (χ3v) is 10.3. The van der Waals surface area contributed by atoms with Crippen LogP contribution in [-0.2, 0) is 0 Å². The summed E-state index contributed by atoms with van der Waals surface area (Å²) in [7, 11) is 0. The van der Waals surface area contributed by atoms with Gasteiger partial charge in [0.25, 0.3) is 0 Å². The average molecular weight is 581 g/mol. The van der Waals surface area contributed by atoms with Gasteiger partial charge in [0.05, 0.1) is 39.8 Å². The lowest BCUT2D eigenvalue weighted by molar-refractivity contribution is 0.773. The van der Waals surface area contributed by atoms with E-state index in [1.165, 1.54) is 36.8 Å². The number of hydrogen-bond donors (Lipinski definition) is 0. The van der Waals surface area contributed by atoms with E-state index >= 15 is 0 Å². The topological polar surface area (TPSA) is 57.4 Å². The molecular formula is C39H24N4S. The Morgan fingerprint density at radius 2 is 1.25 bits per heavy atom. The molecule has 44 heavy (non-hydrogen) atoms. The van der Waals surface area contributed by atoms with Crippen molar-refractivity contribution in [3.8, 4) is 23.5 Å². The molecule has 3 aromatic heterocycles. The molecule has 1 aliphatic carbocycles. The number of thiophene rings is 1. The molecule has 0 saturated heterocycles. The van der Waals surface area contributed by atoms with Crippen LogP contribution in [0.5, 0.6) is 0 Å². The summed E-state index contributed by atoms with van der Waals surface area (Å²) in [6.45, 7) is 2.28. The lowest BCUT2D eigenvalue weighted by Gasteiger charge is -2.17. The van der Waals surface area contributed by atoms with Crippen LogP contribution < -0.4 is 0 Å². The summed E-state index contributed by atoms with van der Waals surface area (Å²) in [6, 6.07) is 38.6. The van der Waals surface area contributed by atoms with Crippen molar-refractivity contribution in [3.05, 3.63) is 126 Å². The molecule has 8 aromatic rings. The van der Waals surface area contributed by atoms with E-state index < -0.39 is 0 Å². The molecule has 0 aliphatic heterocycles. The first kappa shape index (κ1) is 24.9. The molecule has 4 nitrogen and oxygen atoms in total. The van der Waals surface area contributed by atoms with E-state index in [9.17, 15) is 10.5 Å². The summed E-state index contributed by atoms with van der Waals surface area (Å²) in [5, 5.41) is 25.1. The van der Waals surface area contributed by atoms with Crippen LogP contribution in [0.15, 0.2) is 103 Å². The average Bonchev–Trinajstić information content (AvgIpc) is 3.71. The van der Waals surface area contributed by atoms with Crippen LogP contribution in [0.2, 0.25) is 0 Å². The van der Waals surface area contributed by atoms with Gasteiger partial charge in [-0.15, -0.1) is 11.3 Å². The molecule has 5 aromatic carbocycles. The van der Waals surface area contributed by atoms with Gasteiger partial charge < -0.3 is 9.13 Å². The van der Waals surface area contributed by atoms with E-state index in [4.69, 9.17) is 0 Å². The number of benzene rings is 5. The SMILES string of the molecule is CC1CC=Cc2c1c1cc(C#N)ccc1n2-c1ccc2sc3ccc(-n4c5ccccc5c5cc(C#N)ccc54)cc3c2c1. The fourth-order valence-electron chi connectivity index (χ4n) is 7.22. The van der Waals surface area contributed by atoms with E-state index in [-0.39, 0.29) is 0 Å². The van der Waals surface area contributed by atoms with E-state index in [0.29, 0.717) is 17.0 Å². The van der Waals surface area contributed by atoms with Crippen molar-refractivity contribution in [2.24, 2.45) is 0 Å². The minimum atomic E-state index is 0.386. The maximum Gasteiger partial charge on any atom is 0.0991 e. The van der Waals surface area contributed by atoms with E-state index in [0.717, 1.165) is 45.1 Å². The largest absolute Gasteiger partial charge is 0.310 e. The normalized spacial score (nSPS) is 14.5. The smallest absolute Gasteiger partial charge is 0.0991 e. The molecule has 1 unspecified atom stereocenters. The number of hydrogen-bond acceptors (Lipinski definition) is 3. The number of fused-ring (bicyclic) bond motifs is 9. The Morgan fingerprint density at radius 1 is 0.636 bits per heavy atom. The van der Waals surface area contributed by atoms with Gasteiger partial charge in [-0.25, -0.2) is 0 Å². The van der Waals surface area contributed by atoms with Gasteiger partial charge in [-0.3, -0.25) is 0 Å². The summed E-state index contributed by atoms with van der Waals surface area (Å²) in [4.78, 5) is 0. The highest BCUT2D eigenvalue weighted by molar-refractivity contribution is 7.25. The molecule has 0 bridgehead atoms. The fraction of sp³-hybridized carbons (Fsp3) is 0.0769. The second kappa shape index (κ2) is 9.19. The first-order valence-electron chi connectivity index (χ1n) is 14.8. The monoisotopic (exact) mass is 580 g/mol. The van der Waals surface area contributed by atoms with E-state index in [1.807, 2.05) is 29.5 Å². The van der Waals surface area contributed by atoms with Crippen molar-refractivity contribution in [2.45, 2.75) is 19.3 Å². The van der Waals surface area contributed by atoms with Gasteiger partial charge in [-0.05, 0) is 103 Å². The Kier molecular flexibility index (Phi) is 5.21. The van der Waals surface area contributed by atoms with Crippen LogP contribution in [0.4, 0.5) is 0 Å². The van der Waals surface area contributed by atoms with Crippen LogP contribution in [0.1, 0.15) is 41.6 Å². The zero-order valence-corrected chi connectivity index (χ0v) is 24.7. The minimum Gasteiger partial charge on any atom is -0.310 e. The number of rotatable bonds is 2. The first-order valence-corrected chi connectivity index (χ1v) is 15.6. The Morgan fingerprint density at radius 3 is 1.95 bits per heavy atom. The van der Waals surface area contributed by atoms with Gasteiger partial charge in [0.15, 0.2) is 0 Å². The Labute approximate surface area is 257 Å². The van der Waals surface area contributed by atoms with Crippen LogP contribution in [0.25, 0.3) is 70.3 Å². The number of aromatic nitrogens is 2. The van der Waals surface area contributed by atoms with Crippen molar-refractivity contribution in [2.75, 3.05) is 0 Å². The standard InChI is InChI=1S/C39H24N4S/c1-23-5-4-8-36-39(23)32-18-25(22-41)10-14-35(32)43(36)27-12-16-38-31(20-27)30-19-26(11-15-37(30)44-38)42-33-7-3-2-6-28(33)29-17-24(21-40)9-13-34(29)42/h2-4,6-20,23H,5H2,1H3. The molecule has 206 valence electrons. The van der Waals surface area contributed by atoms with Crippen molar-refractivity contribution >= 4 is 70.3 Å². The lowest BCUT2D eigenvalue weighted by Crippen LogP contribution is -2.02. The molecular weight excluding hydrogens is 557 g/mol. The van der Waals surface area contributed by atoms with Crippen molar-refractivity contribution in [1.29, 1.82) is 10.5 Å². The summed E-state index contributed by atoms with van der Waals surface area (Å²) < 4.78 is 7.18. The molecule has 0 fully saturated rings. The molecule has 0 N–H and O–H groups in total. The molecule has 0 spiro atoms. The van der Waals surface area contributed by atoms with Crippen molar-refractivity contribution in [1.82, 2.24) is 9.13 Å². The minimum absolute atomic E-state index is 0.386. The van der Waals surface area contributed by atoms with E-state index in [2.05, 4.69) is 119 Å². The van der Waals surface area contributed by atoms with Gasteiger partial charge in [0.2, 0.25) is 0 Å². The van der Waals surface area contributed by atoms with Crippen LogP contribution in [0.3, 0.4) is 0 Å². The maximum absolute atomic E-state index is 9.63. The van der Waals surface area contributed by atoms with E-state index in [1.54, 1.807) is 0 Å². The molecule has 0 saturated carbocycles. The molecule has 1 atom stereocenters. The summed E-state index contributed by atoms with van der Waals surface area (Å²) in [6.07, 6.45) is 5.51. The predicted molar refractivity (Wildman–Crippen MR) is 182 cm³/mol. The van der Waals surface area contributed by atoms with Crippen LogP contribution >= 0.6 is 11.3 Å². The summed E-state index contributed by atoms with van der Waals surface area (Å²) in [5.74, 6) is 0.386. The van der Waals surface area contributed by atoms with Gasteiger partial charge in [-0.1, -0.05) is 31.2 Å². The number of allylic oxidation sites excluding steroid dienone is 1. The van der Waals surface area contributed by atoms with Crippen molar-refractivity contribution < 1.29 is 0 Å². The zero-order chi connectivity index (χ0) is 29.5. The Balaban J connectivity index is 1.29. The van der Waals surface area contributed by atoms with Crippen molar-refractivity contribution in [3.63, 3.8) is 0 Å². The highest BCUT2D eigenvalue weighted by atomic mass is 32.1. The number of para-hydroxylation sites is 1. The molecule has 1 aliphatic rings. The predicted octanol–water partition coefficient (Wildman–Crippen LogP) is 10.4. The third kappa shape index (κ3) is 3.42. The highest BCUT2D eigenvalue weighted by Crippen LogP contribution is 2.42. The summed E-state index contributed by atoms with van der Waals surface area (Å²) in [5.41, 5.74) is 9.46. The van der Waals surface area contributed by atoms with Crippen LogP contribution in [-0.4, -0.2) is 9.13 Å². The molecule has 9 rings (SSSR count). The van der Waals surface area contributed by atoms with Crippen LogP contribution in [0, 0.1) is 22.7 Å². The van der Waals surface area contributed by atoms with Gasteiger partial charge >= 0.3 is 0 Å². The third-order valence-electron chi connectivity index (χ3n) is 9.19. The highest BCUT2D eigenvalue weighted by Gasteiger charge is 2.24. The van der Waals surface area contributed by atoms with Gasteiger partial charge in [0.1, 0.15) is 0 Å². The quantitative estimate of drug-likeness (QED) is 0.204. The Hall–Kier alpha value is -5.62. The van der Waals surface area contributed by atoms with Gasteiger partial charge in [0, 0.05) is 53.4 Å². The molecule has 5 heteroatoms. The second-order valence-corrected chi connectivity index (χ2v) is 12.8. The second-order valence-electron chi connectivity index (χ2n) is 11.7. The maximum atomic E-state index is 9.63. The fourth-order valence-corrected chi connectivity index (χ4v) is 8.29. The van der Waals surface area contributed by atoms with Gasteiger partial charge in [-0.2, -0.15) is 10.5 Å².